The first kappa shape index (κ1) is 28.2. The summed E-state index contributed by atoms with van der Waals surface area (Å²) in [5.74, 6) is -0.175. The van der Waals surface area contributed by atoms with E-state index in [2.05, 4.69) is 20.6 Å². The fourth-order valence-corrected chi connectivity index (χ4v) is 6.43. The maximum Gasteiger partial charge on any atom is 0.426 e. The Balaban J connectivity index is 1.06. The number of aromatic nitrogens is 4. The number of carbonyl (C=O) groups is 1. The Kier molecular flexibility index (Phi) is 6.41. The number of halogens is 6. The van der Waals surface area contributed by atoms with E-state index in [1.54, 1.807) is 6.07 Å². The van der Waals surface area contributed by atoms with Crippen molar-refractivity contribution in [2.24, 2.45) is 5.41 Å². The summed E-state index contributed by atoms with van der Waals surface area (Å²) < 4.78 is 79.1. The highest BCUT2D eigenvalue weighted by Gasteiger charge is 2.69. The van der Waals surface area contributed by atoms with Gasteiger partial charge >= 0.3 is 12.4 Å². The second-order valence-corrected chi connectivity index (χ2v) is 11.4. The highest BCUT2D eigenvalue weighted by molar-refractivity contribution is 6.00. The van der Waals surface area contributed by atoms with Crippen LogP contribution in [0.5, 0.6) is 0 Å². The summed E-state index contributed by atoms with van der Waals surface area (Å²) in [6.07, 6.45) is -8.25. The van der Waals surface area contributed by atoms with Gasteiger partial charge in [0.15, 0.2) is 0 Å². The van der Waals surface area contributed by atoms with Crippen molar-refractivity contribution in [3.8, 4) is 0 Å². The van der Waals surface area contributed by atoms with E-state index in [9.17, 15) is 41.0 Å². The number of rotatable bonds is 6. The van der Waals surface area contributed by atoms with E-state index in [0.717, 1.165) is 36.8 Å². The number of H-pyrrole nitrogens is 1. The molecule has 0 saturated heterocycles. The van der Waals surface area contributed by atoms with Gasteiger partial charge in [0.1, 0.15) is 0 Å². The molecule has 2 aliphatic rings. The van der Waals surface area contributed by atoms with Crippen molar-refractivity contribution < 1.29 is 36.2 Å². The zero-order valence-electron chi connectivity index (χ0n) is 21.9. The minimum Gasteiger partial charge on any atom is -0.374 e. The summed E-state index contributed by atoms with van der Waals surface area (Å²) in [4.78, 5) is 25.1. The Bertz CT molecular complexity index is 1720. The fourth-order valence-electron chi connectivity index (χ4n) is 6.43. The first-order valence-corrected chi connectivity index (χ1v) is 13.3. The van der Waals surface area contributed by atoms with Crippen molar-refractivity contribution in [3.05, 3.63) is 76.0 Å². The lowest BCUT2D eigenvalue weighted by Crippen LogP contribution is -2.57. The number of aliphatic hydroxyl groups is 1. The van der Waals surface area contributed by atoms with Gasteiger partial charge in [-0.1, -0.05) is 24.3 Å². The molecule has 0 radical (unpaired) electrons. The number of hydrogen-bond donors (Lipinski definition) is 3. The normalized spacial score (nSPS) is 22.7. The van der Waals surface area contributed by atoms with Gasteiger partial charge < -0.3 is 10.4 Å². The van der Waals surface area contributed by atoms with Gasteiger partial charge in [0.05, 0.1) is 28.4 Å². The number of alkyl halides is 6. The molecule has 1 spiro atoms. The van der Waals surface area contributed by atoms with Crippen molar-refractivity contribution >= 4 is 22.2 Å². The lowest BCUT2D eigenvalue weighted by Gasteiger charge is -2.57. The molecule has 3 aromatic heterocycles. The van der Waals surface area contributed by atoms with Crippen molar-refractivity contribution in [1.29, 1.82) is 0 Å². The van der Waals surface area contributed by atoms with E-state index in [4.69, 9.17) is 0 Å². The zero-order valence-corrected chi connectivity index (χ0v) is 21.9. The maximum atomic E-state index is 13.0. The number of amides is 1. The first-order valence-electron chi connectivity index (χ1n) is 13.3. The summed E-state index contributed by atoms with van der Waals surface area (Å²) in [6, 6.07) is 9.99. The second-order valence-electron chi connectivity index (χ2n) is 11.4. The molecule has 6 rings (SSSR count). The van der Waals surface area contributed by atoms with Gasteiger partial charge in [-0.3, -0.25) is 9.59 Å². The smallest absolute Gasteiger partial charge is 0.374 e. The quantitative estimate of drug-likeness (QED) is 0.278. The van der Waals surface area contributed by atoms with Gasteiger partial charge in [-0.25, -0.2) is 9.61 Å². The lowest BCUT2D eigenvalue weighted by molar-refractivity contribution is -0.369. The van der Waals surface area contributed by atoms with E-state index in [1.165, 1.54) is 29.0 Å². The molecule has 2 saturated carbocycles. The van der Waals surface area contributed by atoms with Crippen LogP contribution >= 0.6 is 0 Å². The Morgan fingerprint density at radius 1 is 1.02 bits per heavy atom. The highest BCUT2D eigenvalue weighted by Crippen LogP contribution is 2.62. The van der Waals surface area contributed by atoms with Gasteiger partial charge in [-0.05, 0) is 61.6 Å². The molecule has 2 fully saturated rings. The van der Waals surface area contributed by atoms with Crippen LogP contribution in [0.15, 0.2) is 53.6 Å². The number of nitrogens with one attached hydrogen (secondary N) is 2. The molecule has 0 bridgehead atoms. The van der Waals surface area contributed by atoms with Crippen LogP contribution in [0.3, 0.4) is 0 Å². The minimum absolute atomic E-state index is 0.0598. The van der Waals surface area contributed by atoms with E-state index >= 15 is 0 Å². The third kappa shape index (κ3) is 4.61. The monoisotopic (exact) mass is 593 g/mol. The molecule has 3 N–H and O–H groups in total. The molecular weight excluding hydrogens is 568 g/mol. The molecule has 2 aliphatic carbocycles. The highest BCUT2D eigenvalue weighted by atomic mass is 19.4. The number of aryl methyl sites for hydroxylation is 1. The summed E-state index contributed by atoms with van der Waals surface area (Å²) in [5, 5.41) is 24.7. The average molecular weight is 594 g/mol. The number of aromatic amines is 1. The van der Waals surface area contributed by atoms with Crippen molar-refractivity contribution in [3.63, 3.8) is 0 Å². The summed E-state index contributed by atoms with van der Waals surface area (Å²) in [7, 11) is 0. The van der Waals surface area contributed by atoms with Crippen molar-refractivity contribution in [2.75, 3.05) is 0 Å². The molecule has 0 atom stereocenters. The topological polar surface area (TPSA) is 112 Å². The molecule has 222 valence electrons. The van der Waals surface area contributed by atoms with Gasteiger partial charge in [0.25, 0.3) is 17.1 Å². The number of carbonyl (C=O) groups excluding carboxylic acids is 1. The number of hydrogen-bond acceptors (Lipinski definition) is 5. The second kappa shape index (κ2) is 9.54. The van der Waals surface area contributed by atoms with Crippen LogP contribution in [0.1, 0.15) is 59.6 Å². The summed E-state index contributed by atoms with van der Waals surface area (Å²) >= 11 is 0. The molecule has 14 heteroatoms. The Morgan fingerprint density at radius 3 is 2.36 bits per heavy atom. The van der Waals surface area contributed by atoms with Crippen LogP contribution in [0.25, 0.3) is 16.3 Å². The average Bonchev–Trinajstić information content (AvgIpc) is 3.31. The van der Waals surface area contributed by atoms with Gasteiger partial charge in [-0.15, -0.1) is 0 Å². The predicted molar refractivity (Wildman–Crippen MR) is 138 cm³/mol. The third-order valence-corrected chi connectivity index (χ3v) is 8.70. The van der Waals surface area contributed by atoms with E-state index in [0.29, 0.717) is 10.9 Å². The van der Waals surface area contributed by atoms with Crippen LogP contribution in [0.2, 0.25) is 0 Å². The summed E-state index contributed by atoms with van der Waals surface area (Å²) in [5.41, 5.74) is -3.47. The van der Waals surface area contributed by atoms with Crippen LogP contribution in [0, 0.1) is 5.41 Å². The minimum atomic E-state index is -5.89. The fraction of sp³-hybridized carbons (Fsp3) is 0.429. The number of fused-ring (bicyclic) bond motifs is 2. The molecule has 1 aromatic carbocycles. The number of pyridine rings is 1. The standard InChI is InChI=1S/C28H25F6N5O3/c29-27(30,31)26(42,28(32,33)34)8-7-15-5-6-21-20(13-35-39(21)14-15)23(40)36-17-11-25(12-17)9-16(10-25)22-18-3-1-2-4-19(18)24(41)38-37-22/h1-6,13-14,16-17,42H,7-12H2,(H,36,40)(H,38,41). The largest absolute Gasteiger partial charge is 0.426 e. The van der Waals surface area contributed by atoms with Crippen LogP contribution < -0.4 is 10.9 Å². The molecule has 4 aromatic rings. The Labute approximate surface area is 233 Å². The van der Waals surface area contributed by atoms with Crippen LogP contribution in [-0.4, -0.2) is 54.8 Å². The van der Waals surface area contributed by atoms with Crippen LogP contribution in [0.4, 0.5) is 26.3 Å². The van der Waals surface area contributed by atoms with Gasteiger partial charge in [0, 0.05) is 23.5 Å². The molecule has 0 aliphatic heterocycles. The molecule has 3 heterocycles. The Morgan fingerprint density at radius 2 is 1.69 bits per heavy atom. The maximum absolute atomic E-state index is 13.0. The van der Waals surface area contributed by atoms with Gasteiger partial charge in [-0.2, -0.15) is 36.5 Å². The Hall–Kier alpha value is -3.94. The third-order valence-electron chi connectivity index (χ3n) is 8.70. The van der Waals surface area contributed by atoms with Gasteiger partial charge in [0.2, 0.25) is 0 Å². The molecule has 0 unspecified atom stereocenters. The van der Waals surface area contributed by atoms with Crippen molar-refractivity contribution in [1.82, 2.24) is 25.1 Å². The predicted octanol–water partition coefficient (Wildman–Crippen LogP) is 4.82. The summed E-state index contributed by atoms with van der Waals surface area (Å²) in [6.45, 7) is 0. The zero-order chi connectivity index (χ0) is 30.1. The number of benzene rings is 1. The lowest BCUT2D eigenvalue weighted by atomic mass is 9.49. The molecular formula is C28H25F6N5O3. The molecule has 8 nitrogen and oxygen atoms in total. The van der Waals surface area contributed by atoms with Crippen molar-refractivity contribution in [2.45, 2.75) is 68.4 Å². The first-order chi connectivity index (χ1) is 19.7. The van der Waals surface area contributed by atoms with Crippen LogP contribution in [-0.2, 0) is 6.42 Å². The van der Waals surface area contributed by atoms with E-state index in [1.807, 2.05) is 18.2 Å². The van der Waals surface area contributed by atoms with E-state index < -0.39 is 30.8 Å². The molecule has 1 amide bonds. The molecule has 42 heavy (non-hydrogen) atoms. The van der Waals surface area contributed by atoms with E-state index in [-0.39, 0.29) is 40.0 Å². The number of nitrogens with zero attached hydrogens (tertiary/aromatic N) is 3. The SMILES string of the molecule is O=C(NC1CC2(C1)CC(c1n[nH]c(=O)c3ccccc13)C2)c1cnn2cc(CCC(O)(C(F)(F)F)C(F)(F)F)ccc12.